The highest BCUT2D eigenvalue weighted by molar-refractivity contribution is 7.89. The average Bonchev–Trinajstić information content (AvgIpc) is 3.29. The minimum atomic E-state index is -4.75. The Morgan fingerprint density at radius 2 is 1.54 bits per heavy atom. The molecule has 1 N–H and O–H groups in total. The molecule has 2 aromatic rings. The molecular formula is C16H13F4NO2S. The van der Waals surface area contributed by atoms with Gasteiger partial charge < -0.3 is 0 Å². The fourth-order valence-electron chi connectivity index (χ4n) is 2.24. The molecule has 1 fully saturated rings. The van der Waals surface area contributed by atoms with Gasteiger partial charge in [0, 0.05) is 6.04 Å². The van der Waals surface area contributed by atoms with E-state index in [0.717, 1.165) is 25.0 Å². The number of sulfonamides is 1. The molecule has 1 aliphatic rings. The van der Waals surface area contributed by atoms with Gasteiger partial charge in [-0.05, 0) is 48.2 Å². The third kappa shape index (κ3) is 3.59. The van der Waals surface area contributed by atoms with E-state index in [0.29, 0.717) is 11.6 Å². The van der Waals surface area contributed by atoms with E-state index in [-0.39, 0.29) is 16.5 Å². The molecular weight excluding hydrogens is 346 g/mol. The fourth-order valence-corrected chi connectivity index (χ4v) is 3.54. The quantitative estimate of drug-likeness (QED) is 0.840. The van der Waals surface area contributed by atoms with E-state index in [1.54, 1.807) is 0 Å². The van der Waals surface area contributed by atoms with E-state index >= 15 is 0 Å². The molecule has 3 nitrogen and oxygen atoms in total. The predicted molar refractivity (Wildman–Crippen MR) is 80.2 cm³/mol. The Labute approximate surface area is 136 Å². The lowest BCUT2D eigenvalue weighted by Gasteiger charge is -2.10. The standard InChI is InChI=1S/C16H13F4NO2S/c17-15-9-11(3-8-14(15)16(18,19)20)10-1-6-13(7-2-10)24(22,23)21-12-4-5-12/h1-3,6-9,12,21H,4-5H2. The van der Waals surface area contributed by atoms with Gasteiger partial charge in [0.2, 0.25) is 10.0 Å². The molecule has 8 heteroatoms. The number of hydrogen-bond acceptors (Lipinski definition) is 2. The van der Waals surface area contributed by atoms with Crippen molar-refractivity contribution in [1.82, 2.24) is 4.72 Å². The van der Waals surface area contributed by atoms with Crippen LogP contribution < -0.4 is 4.72 Å². The average molecular weight is 359 g/mol. The lowest BCUT2D eigenvalue weighted by Crippen LogP contribution is -2.25. The number of alkyl halides is 3. The van der Waals surface area contributed by atoms with Crippen LogP contribution in [0.5, 0.6) is 0 Å². The third-order valence-electron chi connectivity index (χ3n) is 3.67. The van der Waals surface area contributed by atoms with Crippen LogP contribution in [0.25, 0.3) is 11.1 Å². The molecule has 0 atom stereocenters. The first-order valence-corrected chi connectivity index (χ1v) is 8.65. The monoisotopic (exact) mass is 359 g/mol. The van der Waals surface area contributed by atoms with Crippen molar-refractivity contribution >= 4 is 10.0 Å². The summed E-state index contributed by atoms with van der Waals surface area (Å²) in [6.45, 7) is 0. The summed E-state index contributed by atoms with van der Waals surface area (Å²) in [5, 5.41) is 0. The fraction of sp³-hybridized carbons (Fsp3) is 0.250. The van der Waals surface area contributed by atoms with Gasteiger partial charge >= 0.3 is 6.18 Å². The van der Waals surface area contributed by atoms with Gasteiger partial charge in [-0.2, -0.15) is 13.2 Å². The summed E-state index contributed by atoms with van der Waals surface area (Å²) in [5.74, 6) is -1.37. The van der Waals surface area contributed by atoms with Gasteiger partial charge in [0.25, 0.3) is 0 Å². The largest absolute Gasteiger partial charge is 0.419 e. The molecule has 0 spiro atoms. The van der Waals surface area contributed by atoms with Gasteiger partial charge in [-0.3, -0.25) is 0 Å². The zero-order valence-electron chi connectivity index (χ0n) is 12.3. The Bertz CT molecular complexity index is 857. The summed E-state index contributed by atoms with van der Waals surface area (Å²) < 4.78 is 77.9. The van der Waals surface area contributed by atoms with Crippen molar-refractivity contribution < 1.29 is 26.0 Å². The maximum absolute atomic E-state index is 13.6. The number of nitrogens with one attached hydrogen (secondary N) is 1. The van der Waals surface area contributed by atoms with Crippen LogP contribution in [0.4, 0.5) is 17.6 Å². The highest BCUT2D eigenvalue weighted by Crippen LogP contribution is 2.33. The molecule has 128 valence electrons. The number of halogens is 4. The first-order chi connectivity index (χ1) is 11.2. The first kappa shape index (κ1) is 16.9. The number of rotatable bonds is 4. The van der Waals surface area contributed by atoms with Crippen LogP contribution in [0.1, 0.15) is 18.4 Å². The van der Waals surface area contributed by atoms with Crippen LogP contribution >= 0.6 is 0 Å². The lowest BCUT2D eigenvalue weighted by atomic mass is 10.0. The predicted octanol–water partition coefficient (Wildman–Crippen LogP) is 3.95. The second-order valence-electron chi connectivity index (χ2n) is 5.61. The second kappa shape index (κ2) is 5.86. The summed E-state index contributed by atoms with van der Waals surface area (Å²) in [6.07, 6.45) is -3.14. The maximum Gasteiger partial charge on any atom is 0.419 e. The third-order valence-corrected chi connectivity index (χ3v) is 5.21. The van der Waals surface area contributed by atoms with Gasteiger partial charge in [-0.25, -0.2) is 17.5 Å². The second-order valence-corrected chi connectivity index (χ2v) is 7.33. The highest BCUT2D eigenvalue weighted by Gasteiger charge is 2.34. The maximum atomic E-state index is 13.6. The summed E-state index contributed by atoms with van der Waals surface area (Å²) in [7, 11) is -3.60. The molecule has 24 heavy (non-hydrogen) atoms. The van der Waals surface area contributed by atoms with Gasteiger partial charge in [0.1, 0.15) is 5.82 Å². The Hall–Kier alpha value is -1.93. The molecule has 0 aliphatic heterocycles. The highest BCUT2D eigenvalue weighted by atomic mass is 32.2. The smallest absolute Gasteiger partial charge is 0.208 e. The molecule has 0 radical (unpaired) electrons. The Kier molecular flexibility index (Phi) is 4.13. The van der Waals surface area contributed by atoms with E-state index in [1.165, 1.54) is 24.3 Å². The van der Waals surface area contributed by atoms with Gasteiger partial charge in [0.05, 0.1) is 10.5 Å². The van der Waals surface area contributed by atoms with Crippen molar-refractivity contribution in [1.29, 1.82) is 0 Å². The molecule has 0 aromatic heterocycles. The molecule has 0 saturated heterocycles. The number of benzene rings is 2. The van der Waals surface area contributed by atoms with E-state index in [4.69, 9.17) is 0 Å². The summed E-state index contributed by atoms with van der Waals surface area (Å²) >= 11 is 0. The van der Waals surface area contributed by atoms with Crippen molar-refractivity contribution in [2.45, 2.75) is 30.0 Å². The van der Waals surface area contributed by atoms with E-state index < -0.39 is 27.6 Å². The van der Waals surface area contributed by atoms with Crippen LogP contribution in [0, 0.1) is 5.82 Å². The van der Waals surface area contributed by atoms with Gasteiger partial charge in [-0.1, -0.05) is 18.2 Å². The Morgan fingerprint density at radius 3 is 2.04 bits per heavy atom. The van der Waals surface area contributed by atoms with Crippen molar-refractivity contribution in [3.8, 4) is 11.1 Å². The van der Waals surface area contributed by atoms with Crippen molar-refractivity contribution in [2.75, 3.05) is 0 Å². The van der Waals surface area contributed by atoms with Crippen LogP contribution in [-0.2, 0) is 16.2 Å². The molecule has 0 amide bonds. The van der Waals surface area contributed by atoms with Crippen LogP contribution in [-0.4, -0.2) is 14.5 Å². The van der Waals surface area contributed by atoms with Crippen molar-refractivity contribution in [3.63, 3.8) is 0 Å². The SMILES string of the molecule is O=S(=O)(NC1CC1)c1ccc(-c2ccc(C(F)(F)F)c(F)c2)cc1. The zero-order chi connectivity index (χ0) is 17.5. The van der Waals surface area contributed by atoms with Crippen molar-refractivity contribution in [3.05, 3.63) is 53.8 Å². The molecule has 2 aromatic carbocycles. The zero-order valence-corrected chi connectivity index (χ0v) is 13.1. The Balaban J connectivity index is 1.87. The van der Waals surface area contributed by atoms with E-state index in [2.05, 4.69) is 4.72 Å². The lowest BCUT2D eigenvalue weighted by molar-refractivity contribution is -0.139. The Morgan fingerprint density at radius 1 is 0.958 bits per heavy atom. The van der Waals surface area contributed by atoms with Gasteiger partial charge in [0.15, 0.2) is 0 Å². The van der Waals surface area contributed by atoms with Gasteiger partial charge in [-0.15, -0.1) is 0 Å². The summed E-state index contributed by atoms with van der Waals surface area (Å²) in [6, 6.07) is 8.13. The summed E-state index contributed by atoms with van der Waals surface area (Å²) in [4.78, 5) is 0.0607. The van der Waals surface area contributed by atoms with Crippen LogP contribution in [0.3, 0.4) is 0 Å². The van der Waals surface area contributed by atoms with E-state index in [1.807, 2.05) is 0 Å². The van der Waals surface area contributed by atoms with Crippen LogP contribution in [0.15, 0.2) is 47.4 Å². The molecule has 1 saturated carbocycles. The minimum absolute atomic E-state index is 0.0290. The van der Waals surface area contributed by atoms with Crippen LogP contribution in [0.2, 0.25) is 0 Å². The minimum Gasteiger partial charge on any atom is -0.208 e. The number of hydrogen-bond donors (Lipinski definition) is 1. The topological polar surface area (TPSA) is 46.2 Å². The molecule has 3 rings (SSSR count). The molecule has 1 aliphatic carbocycles. The first-order valence-electron chi connectivity index (χ1n) is 7.16. The van der Waals surface area contributed by atoms with Crippen molar-refractivity contribution in [2.24, 2.45) is 0 Å². The normalized spacial score (nSPS) is 15.5. The van der Waals surface area contributed by atoms with E-state index in [9.17, 15) is 26.0 Å². The summed E-state index contributed by atoms with van der Waals surface area (Å²) in [5.41, 5.74) is -0.674. The molecule has 0 unspecified atom stereocenters. The molecule has 0 heterocycles. The molecule has 0 bridgehead atoms.